The predicted molar refractivity (Wildman–Crippen MR) is 163 cm³/mol. The van der Waals surface area contributed by atoms with Crippen LogP contribution in [-0.4, -0.2) is 40.9 Å². The van der Waals surface area contributed by atoms with Crippen molar-refractivity contribution in [1.29, 1.82) is 0 Å². The van der Waals surface area contributed by atoms with Crippen LogP contribution in [0, 0.1) is 0 Å². The standard InChI is InChI=1S/C36H40N2O2/c1-25(2)33-12-6-7-14-35(33)40-32-21-30-19-20-31(22-32)38(30)36(39)28-17-15-26(16-18-28)23-37(3)24-29-11-8-10-27-9-4-5-13-34(27)29/h4-18,25,30-32H,19-24H2,1-3H3. The van der Waals surface area contributed by atoms with Gasteiger partial charge in [0.1, 0.15) is 11.9 Å². The first-order chi connectivity index (χ1) is 19.5. The quantitative estimate of drug-likeness (QED) is 0.232. The Morgan fingerprint density at radius 3 is 2.27 bits per heavy atom. The number of fused-ring (bicyclic) bond motifs is 3. The van der Waals surface area contributed by atoms with Crippen molar-refractivity contribution in [2.75, 3.05) is 7.05 Å². The van der Waals surface area contributed by atoms with Gasteiger partial charge in [0.2, 0.25) is 0 Å². The first kappa shape index (κ1) is 26.6. The molecule has 40 heavy (non-hydrogen) atoms. The smallest absolute Gasteiger partial charge is 0.254 e. The molecule has 0 aliphatic carbocycles. The molecule has 4 nitrogen and oxygen atoms in total. The van der Waals surface area contributed by atoms with Gasteiger partial charge in [-0.05, 0) is 71.5 Å². The second-order valence-electron chi connectivity index (χ2n) is 12.0. The molecule has 1 amide bonds. The van der Waals surface area contributed by atoms with E-state index in [1.807, 2.05) is 12.1 Å². The Labute approximate surface area is 238 Å². The highest BCUT2D eigenvalue weighted by molar-refractivity contribution is 5.95. The molecule has 2 atom stereocenters. The van der Waals surface area contributed by atoms with Gasteiger partial charge in [0.15, 0.2) is 0 Å². The lowest BCUT2D eigenvalue weighted by atomic mass is 9.97. The molecule has 6 rings (SSSR count). The summed E-state index contributed by atoms with van der Waals surface area (Å²) >= 11 is 0. The molecule has 2 fully saturated rings. The lowest BCUT2D eigenvalue weighted by molar-refractivity contribution is 0.0356. The molecule has 0 radical (unpaired) electrons. The summed E-state index contributed by atoms with van der Waals surface area (Å²) in [6.45, 7) is 6.14. The predicted octanol–water partition coefficient (Wildman–Crippen LogP) is 7.81. The van der Waals surface area contributed by atoms with Crippen molar-refractivity contribution in [3.8, 4) is 5.75 Å². The zero-order valence-electron chi connectivity index (χ0n) is 23.9. The van der Waals surface area contributed by atoms with Gasteiger partial charge in [0.05, 0.1) is 0 Å². The number of carbonyl (C=O) groups excluding carboxylic acids is 1. The Balaban J connectivity index is 1.08. The third-order valence-electron chi connectivity index (χ3n) is 8.73. The van der Waals surface area contributed by atoms with Crippen LogP contribution < -0.4 is 4.74 Å². The maximum Gasteiger partial charge on any atom is 0.254 e. The fraction of sp³-hybridized carbons (Fsp3) is 0.361. The molecule has 4 aromatic carbocycles. The summed E-state index contributed by atoms with van der Waals surface area (Å²) in [5.74, 6) is 1.60. The van der Waals surface area contributed by atoms with Crippen molar-refractivity contribution in [2.45, 2.75) is 76.7 Å². The van der Waals surface area contributed by atoms with Gasteiger partial charge in [-0.2, -0.15) is 0 Å². The van der Waals surface area contributed by atoms with Gasteiger partial charge < -0.3 is 9.64 Å². The van der Waals surface area contributed by atoms with E-state index in [1.54, 1.807) is 0 Å². The molecule has 4 aromatic rings. The van der Waals surface area contributed by atoms with Crippen LogP contribution in [0.25, 0.3) is 10.8 Å². The number of piperidine rings is 1. The third-order valence-corrected chi connectivity index (χ3v) is 8.73. The fourth-order valence-corrected chi connectivity index (χ4v) is 6.79. The highest BCUT2D eigenvalue weighted by atomic mass is 16.5. The number of ether oxygens (including phenoxy) is 1. The number of benzene rings is 4. The Morgan fingerprint density at radius 2 is 1.52 bits per heavy atom. The molecule has 2 unspecified atom stereocenters. The first-order valence-corrected chi connectivity index (χ1v) is 14.8. The van der Waals surface area contributed by atoms with E-state index in [9.17, 15) is 4.79 Å². The van der Waals surface area contributed by atoms with Crippen LogP contribution in [0.2, 0.25) is 0 Å². The molecule has 2 aliphatic rings. The molecule has 0 spiro atoms. The van der Waals surface area contributed by atoms with Crippen LogP contribution in [-0.2, 0) is 13.1 Å². The van der Waals surface area contributed by atoms with Crippen LogP contribution in [0.3, 0.4) is 0 Å². The van der Waals surface area contributed by atoms with Crippen molar-refractivity contribution in [3.63, 3.8) is 0 Å². The maximum absolute atomic E-state index is 13.6. The van der Waals surface area contributed by atoms with Gasteiger partial charge in [-0.1, -0.05) is 86.6 Å². The average Bonchev–Trinajstić information content (AvgIpc) is 3.23. The summed E-state index contributed by atoms with van der Waals surface area (Å²) in [4.78, 5) is 18.1. The number of amides is 1. The maximum atomic E-state index is 13.6. The van der Waals surface area contributed by atoms with E-state index in [4.69, 9.17) is 4.74 Å². The molecule has 2 heterocycles. The number of rotatable bonds is 8. The molecular weight excluding hydrogens is 492 g/mol. The van der Waals surface area contributed by atoms with Crippen LogP contribution in [0.15, 0.2) is 91.0 Å². The highest BCUT2D eigenvalue weighted by Gasteiger charge is 2.44. The second kappa shape index (κ2) is 11.5. The van der Waals surface area contributed by atoms with Crippen molar-refractivity contribution >= 4 is 16.7 Å². The third kappa shape index (κ3) is 5.51. The van der Waals surface area contributed by atoms with Gasteiger partial charge in [-0.3, -0.25) is 9.69 Å². The summed E-state index contributed by atoms with van der Waals surface area (Å²) in [5, 5.41) is 2.59. The van der Waals surface area contributed by atoms with Crippen LogP contribution >= 0.6 is 0 Å². The second-order valence-corrected chi connectivity index (χ2v) is 12.0. The van der Waals surface area contributed by atoms with Crippen molar-refractivity contribution in [1.82, 2.24) is 9.80 Å². The van der Waals surface area contributed by atoms with Gasteiger partial charge >= 0.3 is 0 Å². The van der Waals surface area contributed by atoms with Gasteiger partial charge in [0.25, 0.3) is 5.91 Å². The minimum absolute atomic E-state index is 0.168. The molecule has 0 N–H and O–H groups in total. The molecule has 0 saturated carbocycles. The Bertz CT molecular complexity index is 1460. The Kier molecular flexibility index (Phi) is 7.62. The highest BCUT2D eigenvalue weighted by Crippen LogP contribution is 2.39. The molecule has 2 saturated heterocycles. The largest absolute Gasteiger partial charge is 0.490 e. The first-order valence-electron chi connectivity index (χ1n) is 14.8. The van der Waals surface area contributed by atoms with Crippen LogP contribution in [0.1, 0.15) is 72.5 Å². The number of para-hydroxylation sites is 1. The normalized spacial score (nSPS) is 20.4. The van der Waals surface area contributed by atoms with Crippen molar-refractivity contribution in [3.05, 3.63) is 113 Å². The van der Waals surface area contributed by atoms with E-state index < -0.39 is 0 Å². The average molecular weight is 533 g/mol. The monoisotopic (exact) mass is 532 g/mol. The van der Waals surface area contributed by atoms with E-state index in [2.05, 4.69) is 110 Å². The lowest BCUT2D eigenvalue weighted by Crippen LogP contribution is -2.49. The topological polar surface area (TPSA) is 32.8 Å². The summed E-state index contributed by atoms with van der Waals surface area (Å²) in [6, 6.07) is 32.3. The van der Waals surface area contributed by atoms with Crippen molar-refractivity contribution in [2.24, 2.45) is 0 Å². The zero-order valence-corrected chi connectivity index (χ0v) is 23.9. The molecule has 2 aliphatic heterocycles. The Morgan fingerprint density at radius 1 is 0.850 bits per heavy atom. The van der Waals surface area contributed by atoms with Gasteiger partial charge in [-0.15, -0.1) is 0 Å². The van der Waals surface area contributed by atoms with E-state index in [0.717, 1.165) is 50.1 Å². The molecule has 206 valence electrons. The Hall–Kier alpha value is -3.63. The van der Waals surface area contributed by atoms with E-state index in [-0.39, 0.29) is 24.1 Å². The number of nitrogens with zero attached hydrogens (tertiary/aromatic N) is 2. The zero-order chi connectivity index (χ0) is 27.6. The SMILES string of the molecule is CC(C)c1ccccc1OC1CC2CCC(C1)N2C(=O)c1ccc(CN(C)Cc2cccc3ccccc23)cc1. The molecular formula is C36H40N2O2. The van der Waals surface area contributed by atoms with Crippen LogP contribution in [0.4, 0.5) is 0 Å². The van der Waals surface area contributed by atoms with Crippen molar-refractivity contribution < 1.29 is 9.53 Å². The minimum Gasteiger partial charge on any atom is -0.490 e. The number of hydrogen-bond donors (Lipinski definition) is 0. The number of carbonyl (C=O) groups is 1. The van der Waals surface area contributed by atoms with E-state index >= 15 is 0 Å². The molecule has 0 aromatic heterocycles. The van der Waals surface area contributed by atoms with E-state index in [0.29, 0.717) is 5.92 Å². The fourth-order valence-electron chi connectivity index (χ4n) is 6.79. The van der Waals surface area contributed by atoms with Crippen LogP contribution in [0.5, 0.6) is 5.75 Å². The summed E-state index contributed by atoms with van der Waals surface area (Å²) in [5.41, 5.74) is 4.61. The summed E-state index contributed by atoms with van der Waals surface area (Å²) < 4.78 is 6.54. The van der Waals surface area contributed by atoms with Gasteiger partial charge in [0, 0.05) is 43.6 Å². The van der Waals surface area contributed by atoms with E-state index in [1.165, 1.54) is 27.5 Å². The minimum atomic E-state index is 0.168. The summed E-state index contributed by atoms with van der Waals surface area (Å²) in [6.07, 6.45) is 4.12. The molecule has 2 bridgehead atoms. The summed E-state index contributed by atoms with van der Waals surface area (Å²) in [7, 11) is 2.16. The lowest BCUT2D eigenvalue weighted by Gasteiger charge is -2.39. The number of hydrogen-bond acceptors (Lipinski definition) is 3. The van der Waals surface area contributed by atoms with Gasteiger partial charge in [-0.25, -0.2) is 0 Å². The molecule has 4 heteroatoms.